The summed E-state index contributed by atoms with van der Waals surface area (Å²) >= 11 is 0. The third kappa shape index (κ3) is 3.56. The number of hydrogen-bond acceptors (Lipinski definition) is 2. The normalized spacial score (nSPS) is 16.8. The van der Waals surface area contributed by atoms with Crippen molar-refractivity contribution < 1.29 is 9.59 Å². The van der Waals surface area contributed by atoms with Crippen LogP contribution in [0.4, 0.5) is 0 Å². The van der Waals surface area contributed by atoms with Crippen LogP contribution in [0.15, 0.2) is 30.3 Å². The summed E-state index contributed by atoms with van der Waals surface area (Å²) in [5.74, 6) is -0.178. The molecule has 1 aliphatic heterocycles. The topological polar surface area (TPSA) is 49.4 Å². The van der Waals surface area contributed by atoms with Crippen molar-refractivity contribution >= 4 is 11.8 Å². The summed E-state index contributed by atoms with van der Waals surface area (Å²) < 4.78 is 0. The molecule has 1 aromatic carbocycles. The third-order valence-corrected chi connectivity index (χ3v) is 3.42. The molecule has 0 bridgehead atoms. The van der Waals surface area contributed by atoms with Crippen LogP contribution in [-0.2, 0) is 4.79 Å². The van der Waals surface area contributed by atoms with E-state index in [1.807, 2.05) is 23.1 Å². The lowest BCUT2D eigenvalue weighted by molar-refractivity contribution is -0.133. The first-order valence-electron chi connectivity index (χ1n) is 6.83. The predicted molar refractivity (Wildman–Crippen MR) is 73.8 cm³/mol. The molecular weight excluding hydrogens is 240 g/mol. The highest BCUT2D eigenvalue weighted by Crippen LogP contribution is 2.10. The Kier molecular flexibility index (Phi) is 4.55. The Morgan fingerprint density at radius 1 is 1.11 bits per heavy atom. The Morgan fingerprint density at radius 3 is 2.37 bits per heavy atom. The highest BCUT2D eigenvalue weighted by atomic mass is 16.2. The minimum atomic E-state index is -0.467. The molecule has 0 saturated carbocycles. The summed E-state index contributed by atoms with van der Waals surface area (Å²) in [6.45, 7) is 3.37. The van der Waals surface area contributed by atoms with E-state index in [0.717, 1.165) is 25.9 Å². The van der Waals surface area contributed by atoms with Gasteiger partial charge in [-0.1, -0.05) is 18.2 Å². The maximum absolute atomic E-state index is 12.2. The second kappa shape index (κ2) is 6.36. The van der Waals surface area contributed by atoms with Crippen LogP contribution in [-0.4, -0.2) is 35.8 Å². The SMILES string of the molecule is C[C@@H](NC(=O)c1ccccc1)C(=O)N1CCCCC1. The number of carbonyl (C=O) groups excluding carboxylic acids is 2. The first-order chi connectivity index (χ1) is 9.18. The van der Waals surface area contributed by atoms with Crippen LogP contribution in [0.25, 0.3) is 0 Å². The number of hydrogen-bond donors (Lipinski definition) is 1. The average Bonchev–Trinajstić information content (AvgIpc) is 2.48. The van der Waals surface area contributed by atoms with Gasteiger partial charge in [0.1, 0.15) is 6.04 Å². The summed E-state index contributed by atoms with van der Waals surface area (Å²) in [4.78, 5) is 26.0. The Bertz CT molecular complexity index is 439. The summed E-state index contributed by atoms with van der Waals surface area (Å²) in [5, 5.41) is 2.76. The lowest BCUT2D eigenvalue weighted by Crippen LogP contribution is -2.48. The molecule has 0 spiro atoms. The fourth-order valence-corrected chi connectivity index (χ4v) is 2.32. The van der Waals surface area contributed by atoms with Gasteiger partial charge in [0.2, 0.25) is 5.91 Å². The molecular formula is C15H20N2O2. The number of benzene rings is 1. The second-order valence-electron chi connectivity index (χ2n) is 4.95. The summed E-state index contributed by atoms with van der Waals surface area (Å²) in [5.41, 5.74) is 0.584. The van der Waals surface area contributed by atoms with E-state index in [0.29, 0.717) is 5.56 Å². The Labute approximate surface area is 113 Å². The lowest BCUT2D eigenvalue weighted by Gasteiger charge is -2.29. The molecule has 2 amide bonds. The van der Waals surface area contributed by atoms with E-state index in [9.17, 15) is 9.59 Å². The Hall–Kier alpha value is -1.84. The lowest BCUT2D eigenvalue weighted by atomic mass is 10.1. The molecule has 102 valence electrons. The average molecular weight is 260 g/mol. The molecule has 1 fully saturated rings. The van der Waals surface area contributed by atoms with Crippen molar-refractivity contribution in [3.63, 3.8) is 0 Å². The number of carbonyl (C=O) groups is 2. The number of amides is 2. The largest absolute Gasteiger partial charge is 0.341 e. The van der Waals surface area contributed by atoms with Crippen molar-refractivity contribution in [2.45, 2.75) is 32.2 Å². The molecule has 2 rings (SSSR count). The standard InChI is InChI=1S/C15H20N2O2/c1-12(15(19)17-10-6-3-7-11-17)16-14(18)13-8-4-2-5-9-13/h2,4-5,8-9,12H,3,6-7,10-11H2,1H3,(H,16,18)/t12-/m1/s1. The van der Waals surface area contributed by atoms with Crippen molar-refractivity contribution in [3.8, 4) is 0 Å². The van der Waals surface area contributed by atoms with Crippen molar-refractivity contribution in [2.24, 2.45) is 0 Å². The highest BCUT2D eigenvalue weighted by molar-refractivity contribution is 5.97. The van der Waals surface area contributed by atoms with Crippen LogP contribution in [0.1, 0.15) is 36.5 Å². The quantitative estimate of drug-likeness (QED) is 0.901. The van der Waals surface area contributed by atoms with Gasteiger partial charge in [0.25, 0.3) is 5.91 Å². The van der Waals surface area contributed by atoms with Gasteiger partial charge in [-0.05, 0) is 38.3 Å². The maximum Gasteiger partial charge on any atom is 0.251 e. The van der Waals surface area contributed by atoms with Gasteiger partial charge >= 0.3 is 0 Å². The van der Waals surface area contributed by atoms with Crippen molar-refractivity contribution in [2.75, 3.05) is 13.1 Å². The first-order valence-corrected chi connectivity index (χ1v) is 6.83. The fourth-order valence-electron chi connectivity index (χ4n) is 2.32. The molecule has 1 heterocycles. The molecule has 0 radical (unpaired) electrons. The zero-order valence-electron chi connectivity index (χ0n) is 11.3. The van der Waals surface area contributed by atoms with Gasteiger partial charge in [-0.25, -0.2) is 0 Å². The fraction of sp³-hybridized carbons (Fsp3) is 0.467. The molecule has 1 N–H and O–H groups in total. The molecule has 4 nitrogen and oxygen atoms in total. The van der Waals surface area contributed by atoms with Gasteiger partial charge < -0.3 is 10.2 Å². The molecule has 1 aliphatic rings. The van der Waals surface area contributed by atoms with E-state index in [1.165, 1.54) is 6.42 Å². The second-order valence-corrected chi connectivity index (χ2v) is 4.95. The number of rotatable bonds is 3. The minimum absolute atomic E-state index is 0.0176. The van der Waals surface area contributed by atoms with Crippen molar-refractivity contribution in [1.29, 1.82) is 0 Å². The predicted octanol–water partition coefficient (Wildman–Crippen LogP) is 1.82. The van der Waals surface area contributed by atoms with Crippen LogP contribution < -0.4 is 5.32 Å². The van der Waals surface area contributed by atoms with Crippen molar-refractivity contribution in [1.82, 2.24) is 10.2 Å². The molecule has 0 aromatic heterocycles. The van der Waals surface area contributed by atoms with Gasteiger partial charge in [-0.15, -0.1) is 0 Å². The van der Waals surface area contributed by atoms with E-state index in [-0.39, 0.29) is 11.8 Å². The molecule has 19 heavy (non-hydrogen) atoms. The van der Waals surface area contributed by atoms with E-state index in [2.05, 4.69) is 5.32 Å². The van der Waals surface area contributed by atoms with E-state index < -0.39 is 6.04 Å². The van der Waals surface area contributed by atoms with Crippen LogP contribution in [0.5, 0.6) is 0 Å². The summed E-state index contributed by atoms with van der Waals surface area (Å²) in [6, 6.07) is 8.50. The van der Waals surface area contributed by atoms with E-state index in [1.54, 1.807) is 19.1 Å². The maximum atomic E-state index is 12.2. The van der Waals surface area contributed by atoms with Crippen LogP contribution in [0.3, 0.4) is 0 Å². The molecule has 1 saturated heterocycles. The summed E-state index contributed by atoms with van der Waals surface area (Å²) in [6.07, 6.45) is 3.31. The summed E-state index contributed by atoms with van der Waals surface area (Å²) in [7, 11) is 0. The number of nitrogens with zero attached hydrogens (tertiary/aromatic N) is 1. The zero-order valence-corrected chi connectivity index (χ0v) is 11.3. The Morgan fingerprint density at radius 2 is 1.74 bits per heavy atom. The molecule has 0 unspecified atom stereocenters. The number of likely N-dealkylation sites (tertiary alicyclic amines) is 1. The zero-order chi connectivity index (χ0) is 13.7. The van der Waals surface area contributed by atoms with Gasteiger partial charge in [0, 0.05) is 18.7 Å². The van der Waals surface area contributed by atoms with Gasteiger partial charge in [-0.3, -0.25) is 9.59 Å². The minimum Gasteiger partial charge on any atom is -0.341 e. The van der Waals surface area contributed by atoms with Gasteiger partial charge in [0.05, 0.1) is 0 Å². The van der Waals surface area contributed by atoms with Crippen LogP contribution in [0.2, 0.25) is 0 Å². The first kappa shape index (κ1) is 13.6. The molecule has 1 aromatic rings. The van der Waals surface area contributed by atoms with E-state index in [4.69, 9.17) is 0 Å². The van der Waals surface area contributed by atoms with Gasteiger partial charge in [-0.2, -0.15) is 0 Å². The molecule has 0 aliphatic carbocycles. The third-order valence-electron chi connectivity index (χ3n) is 3.42. The van der Waals surface area contributed by atoms with Gasteiger partial charge in [0.15, 0.2) is 0 Å². The van der Waals surface area contributed by atoms with Crippen LogP contribution >= 0.6 is 0 Å². The number of piperidine rings is 1. The number of nitrogens with one attached hydrogen (secondary N) is 1. The van der Waals surface area contributed by atoms with Crippen molar-refractivity contribution in [3.05, 3.63) is 35.9 Å². The highest BCUT2D eigenvalue weighted by Gasteiger charge is 2.23. The molecule has 4 heteroatoms. The monoisotopic (exact) mass is 260 g/mol. The smallest absolute Gasteiger partial charge is 0.251 e. The van der Waals surface area contributed by atoms with Crippen LogP contribution in [0, 0.1) is 0 Å². The Balaban J connectivity index is 1.91. The molecule has 1 atom stereocenters. The van der Waals surface area contributed by atoms with E-state index >= 15 is 0 Å².